The lowest BCUT2D eigenvalue weighted by Gasteiger charge is -2.17. The van der Waals surface area contributed by atoms with Crippen LogP contribution in [0.2, 0.25) is 0 Å². The van der Waals surface area contributed by atoms with E-state index in [0.29, 0.717) is 11.1 Å². The Morgan fingerprint density at radius 2 is 2.17 bits per heavy atom. The highest BCUT2D eigenvalue weighted by atomic mass is 16.6. The summed E-state index contributed by atoms with van der Waals surface area (Å²) in [5.74, 6) is 0.869. The van der Waals surface area contributed by atoms with Gasteiger partial charge in [0, 0.05) is 12.6 Å². The molecule has 1 aromatic carbocycles. The molecule has 0 spiro atoms. The molecule has 0 aromatic heterocycles. The summed E-state index contributed by atoms with van der Waals surface area (Å²) in [6.45, 7) is 2.81. The second kappa shape index (κ2) is 3.97. The van der Waals surface area contributed by atoms with Crippen molar-refractivity contribution in [1.29, 1.82) is 0 Å². The summed E-state index contributed by atoms with van der Waals surface area (Å²) >= 11 is 0. The average molecular weight is 246 g/mol. The van der Waals surface area contributed by atoms with Crippen molar-refractivity contribution in [2.45, 2.75) is 32.6 Å². The van der Waals surface area contributed by atoms with Crippen LogP contribution >= 0.6 is 0 Å². The SMILES string of the molecule is Cc1cccc([N+](=O)[O-])c1NCC1(C2CC2)CC1. The molecule has 0 radical (unpaired) electrons. The lowest BCUT2D eigenvalue weighted by atomic mass is 10.0. The van der Waals surface area contributed by atoms with E-state index < -0.39 is 0 Å². The third kappa shape index (κ3) is 1.96. The molecule has 2 saturated carbocycles. The van der Waals surface area contributed by atoms with Crippen LogP contribution in [0.15, 0.2) is 18.2 Å². The first kappa shape index (κ1) is 11.5. The molecule has 1 aromatic rings. The Labute approximate surface area is 107 Å². The van der Waals surface area contributed by atoms with E-state index in [4.69, 9.17) is 0 Å². The normalized spacial score (nSPS) is 20.5. The number of benzene rings is 1. The van der Waals surface area contributed by atoms with Crippen LogP contribution in [0, 0.1) is 28.4 Å². The van der Waals surface area contributed by atoms with E-state index in [1.54, 1.807) is 12.1 Å². The van der Waals surface area contributed by atoms with Gasteiger partial charge in [0.15, 0.2) is 0 Å². The number of hydrogen-bond donors (Lipinski definition) is 1. The maximum absolute atomic E-state index is 11.0. The third-order valence-electron chi connectivity index (χ3n) is 4.40. The van der Waals surface area contributed by atoms with Crippen LogP contribution < -0.4 is 5.32 Å². The lowest BCUT2D eigenvalue weighted by Crippen LogP contribution is -2.18. The first-order chi connectivity index (χ1) is 8.62. The fourth-order valence-electron chi connectivity index (χ4n) is 2.88. The Hall–Kier alpha value is -1.58. The highest BCUT2D eigenvalue weighted by Crippen LogP contribution is 2.61. The van der Waals surface area contributed by atoms with E-state index >= 15 is 0 Å². The molecule has 4 nitrogen and oxygen atoms in total. The Morgan fingerprint density at radius 1 is 1.44 bits per heavy atom. The topological polar surface area (TPSA) is 55.2 Å². The molecule has 18 heavy (non-hydrogen) atoms. The molecule has 4 heteroatoms. The van der Waals surface area contributed by atoms with Crippen molar-refractivity contribution in [2.75, 3.05) is 11.9 Å². The number of nitro groups is 1. The molecule has 0 unspecified atom stereocenters. The fraction of sp³-hybridized carbons (Fsp3) is 0.571. The van der Waals surface area contributed by atoms with Crippen LogP contribution in [0.5, 0.6) is 0 Å². The van der Waals surface area contributed by atoms with Gasteiger partial charge in [-0.3, -0.25) is 10.1 Å². The van der Waals surface area contributed by atoms with Crippen LogP contribution in [-0.2, 0) is 0 Å². The molecule has 2 aliphatic carbocycles. The summed E-state index contributed by atoms with van der Waals surface area (Å²) in [5.41, 5.74) is 2.31. The van der Waals surface area contributed by atoms with E-state index in [-0.39, 0.29) is 10.6 Å². The molecule has 1 N–H and O–H groups in total. The minimum atomic E-state index is -0.300. The fourth-order valence-corrected chi connectivity index (χ4v) is 2.88. The Balaban J connectivity index is 1.77. The van der Waals surface area contributed by atoms with Gasteiger partial charge < -0.3 is 5.32 Å². The lowest BCUT2D eigenvalue weighted by molar-refractivity contribution is -0.384. The predicted molar refractivity (Wildman–Crippen MR) is 70.7 cm³/mol. The molecule has 0 saturated heterocycles. The molecular formula is C14H18N2O2. The van der Waals surface area contributed by atoms with Crippen molar-refractivity contribution in [3.8, 4) is 0 Å². The molecule has 3 rings (SSSR count). The summed E-state index contributed by atoms with van der Waals surface area (Å²) in [6.07, 6.45) is 5.25. The summed E-state index contributed by atoms with van der Waals surface area (Å²) in [7, 11) is 0. The van der Waals surface area contributed by atoms with Gasteiger partial charge in [0.05, 0.1) is 4.92 Å². The monoisotopic (exact) mass is 246 g/mol. The van der Waals surface area contributed by atoms with Crippen LogP contribution in [0.4, 0.5) is 11.4 Å². The maximum atomic E-state index is 11.0. The third-order valence-corrected chi connectivity index (χ3v) is 4.40. The van der Waals surface area contributed by atoms with Gasteiger partial charge >= 0.3 is 0 Å². The molecule has 0 heterocycles. The molecule has 2 fully saturated rings. The van der Waals surface area contributed by atoms with Gasteiger partial charge in [0.25, 0.3) is 5.69 Å². The van der Waals surface area contributed by atoms with E-state index in [9.17, 15) is 10.1 Å². The largest absolute Gasteiger partial charge is 0.379 e. The number of nitro benzene ring substituents is 1. The van der Waals surface area contributed by atoms with Crippen molar-refractivity contribution in [3.05, 3.63) is 33.9 Å². The Morgan fingerprint density at radius 3 is 2.72 bits per heavy atom. The van der Waals surface area contributed by atoms with Crippen LogP contribution in [0.3, 0.4) is 0 Å². The maximum Gasteiger partial charge on any atom is 0.292 e. The van der Waals surface area contributed by atoms with E-state index in [0.717, 1.165) is 18.0 Å². The van der Waals surface area contributed by atoms with E-state index in [1.165, 1.54) is 25.7 Å². The van der Waals surface area contributed by atoms with Crippen molar-refractivity contribution < 1.29 is 4.92 Å². The Bertz CT molecular complexity index is 491. The highest BCUT2D eigenvalue weighted by molar-refractivity contribution is 5.66. The van der Waals surface area contributed by atoms with Gasteiger partial charge in [0.2, 0.25) is 0 Å². The number of hydrogen-bond acceptors (Lipinski definition) is 3. The summed E-state index contributed by atoms with van der Waals surface area (Å²) < 4.78 is 0. The standard InChI is InChI=1S/C14H18N2O2/c1-10-3-2-4-12(16(17)18)13(10)15-9-14(7-8-14)11-5-6-11/h2-4,11,15H,5-9H2,1H3. The number of anilines is 1. The van der Waals surface area contributed by atoms with Crippen LogP contribution in [-0.4, -0.2) is 11.5 Å². The van der Waals surface area contributed by atoms with E-state index in [2.05, 4.69) is 5.32 Å². The zero-order chi connectivity index (χ0) is 12.8. The summed E-state index contributed by atoms with van der Waals surface area (Å²) in [5, 5.41) is 14.4. The number of para-hydroxylation sites is 1. The molecule has 0 bridgehead atoms. The van der Waals surface area contributed by atoms with Gasteiger partial charge in [0.1, 0.15) is 5.69 Å². The smallest absolute Gasteiger partial charge is 0.292 e. The second-order valence-corrected chi connectivity index (χ2v) is 5.72. The first-order valence-electron chi connectivity index (χ1n) is 6.60. The van der Waals surface area contributed by atoms with Crippen molar-refractivity contribution >= 4 is 11.4 Å². The number of nitrogens with zero attached hydrogens (tertiary/aromatic N) is 1. The second-order valence-electron chi connectivity index (χ2n) is 5.72. The quantitative estimate of drug-likeness (QED) is 0.639. The van der Waals surface area contributed by atoms with Crippen molar-refractivity contribution in [3.63, 3.8) is 0 Å². The predicted octanol–water partition coefficient (Wildman–Crippen LogP) is 3.51. The highest BCUT2D eigenvalue weighted by Gasteiger charge is 2.53. The van der Waals surface area contributed by atoms with Crippen LogP contribution in [0.1, 0.15) is 31.2 Å². The molecule has 96 valence electrons. The van der Waals surface area contributed by atoms with Crippen molar-refractivity contribution in [1.82, 2.24) is 0 Å². The number of rotatable bonds is 5. The average Bonchev–Trinajstić information content (AvgIpc) is 3.19. The molecule has 0 atom stereocenters. The van der Waals surface area contributed by atoms with Crippen LogP contribution in [0.25, 0.3) is 0 Å². The van der Waals surface area contributed by atoms with Gasteiger partial charge in [-0.25, -0.2) is 0 Å². The minimum absolute atomic E-state index is 0.196. The molecule has 0 amide bonds. The number of aryl methyl sites for hydroxylation is 1. The summed E-state index contributed by atoms with van der Waals surface area (Å²) in [6, 6.07) is 5.24. The number of nitrogens with one attached hydrogen (secondary N) is 1. The van der Waals surface area contributed by atoms with Gasteiger partial charge in [-0.2, -0.15) is 0 Å². The summed E-state index contributed by atoms with van der Waals surface area (Å²) in [4.78, 5) is 10.7. The molecule has 2 aliphatic rings. The van der Waals surface area contributed by atoms with Crippen molar-refractivity contribution in [2.24, 2.45) is 11.3 Å². The zero-order valence-corrected chi connectivity index (χ0v) is 10.6. The van der Waals surface area contributed by atoms with Gasteiger partial charge in [-0.15, -0.1) is 0 Å². The first-order valence-corrected chi connectivity index (χ1v) is 6.60. The Kier molecular flexibility index (Phi) is 2.54. The van der Waals surface area contributed by atoms with E-state index in [1.807, 2.05) is 13.0 Å². The van der Waals surface area contributed by atoms with Gasteiger partial charge in [-0.1, -0.05) is 12.1 Å². The zero-order valence-electron chi connectivity index (χ0n) is 10.6. The van der Waals surface area contributed by atoms with Gasteiger partial charge in [-0.05, 0) is 49.5 Å². The minimum Gasteiger partial charge on any atom is -0.379 e. The molecular weight excluding hydrogens is 228 g/mol. The molecule has 0 aliphatic heterocycles.